The Morgan fingerprint density at radius 1 is 1.33 bits per heavy atom. The summed E-state index contributed by atoms with van der Waals surface area (Å²) < 4.78 is 0. The zero-order valence-electron chi connectivity index (χ0n) is 19.9. The largest absolute Gasteiger partial charge is 0.351 e. The molecule has 1 atom stereocenters. The van der Waals surface area contributed by atoms with Crippen molar-refractivity contribution in [1.82, 2.24) is 20.2 Å². The van der Waals surface area contributed by atoms with Crippen molar-refractivity contribution < 1.29 is 4.79 Å². The number of hydrogen-bond donors (Lipinski definition) is 2. The Kier molecular flexibility index (Phi) is 7.26. The molecule has 2 N–H and O–H groups in total. The third-order valence-electron chi connectivity index (χ3n) is 6.36. The number of carbonyl (C=O) groups is 1. The van der Waals surface area contributed by atoms with E-state index >= 15 is 0 Å². The van der Waals surface area contributed by atoms with Gasteiger partial charge in [0.1, 0.15) is 10.7 Å². The molecule has 1 aromatic carbocycles. The number of nitrogens with zero attached hydrogens (tertiary/aromatic N) is 2. The van der Waals surface area contributed by atoms with Gasteiger partial charge in [0.2, 0.25) is 0 Å². The third kappa shape index (κ3) is 5.34. The Bertz CT molecular complexity index is 1230. The summed E-state index contributed by atoms with van der Waals surface area (Å²) in [7, 11) is 0. The first-order valence-electron chi connectivity index (χ1n) is 11.5. The second-order valence-corrected chi connectivity index (χ2v) is 11.3. The van der Waals surface area contributed by atoms with E-state index < -0.39 is 0 Å². The van der Waals surface area contributed by atoms with Gasteiger partial charge in [-0.15, -0.1) is 23.1 Å². The van der Waals surface area contributed by atoms with Crippen LogP contribution < -0.4 is 10.9 Å². The molecule has 1 saturated heterocycles. The molecule has 176 valence electrons. The van der Waals surface area contributed by atoms with Crippen LogP contribution >= 0.6 is 23.1 Å². The molecule has 3 heterocycles. The molecule has 3 aromatic rings. The predicted molar refractivity (Wildman–Crippen MR) is 138 cm³/mol. The average Bonchev–Trinajstić information content (AvgIpc) is 3.38. The molecule has 1 amide bonds. The van der Waals surface area contributed by atoms with Crippen LogP contribution in [0.2, 0.25) is 0 Å². The van der Waals surface area contributed by atoms with Gasteiger partial charge in [0.05, 0.1) is 16.0 Å². The predicted octanol–water partition coefficient (Wildman–Crippen LogP) is 4.66. The number of H-pyrrole nitrogens is 1. The smallest absolute Gasteiger partial charge is 0.261 e. The van der Waals surface area contributed by atoms with Crippen molar-refractivity contribution >= 4 is 39.2 Å². The van der Waals surface area contributed by atoms with Crippen molar-refractivity contribution in [3.63, 3.8) is 0 Å². The van der Waals surface area contributed by atoms with Crippen LogP contribution in [0, 0.1) is 26.7 Å². The number of fused-ring (bicyclic) bond motifs is 1. The van der Waals surface area contributed by atoms with Crippen molar-refractivity contribution in [2.45, 2.75) is 57.7 Å². The maximum absolute atomic E-state index is 12.9. The number of likely N-dealkylation sites (tertiary alicyclic amines) is 1. The molecule has 6 nitrogen and oxygen atoms in total. The Morgan fingerprint density at radius 3 is 2.85 bits per heavy atom. The SMILES string of the molecule is Cc1ccc(C)c(SCc2nc3sc(C(=O)NCC4CCN(C(C)C)C4)c(C)c3c(=O)[nH]2)c1. The summed E-state index contributed by atoms with van der Waals surface area (Å²) in [5.41, 5.74) is 2.95. The molecule has 1 unspecified atom stereocenters. The van der Waals surface area contributed by atoms with E-state index in [1.54, 1.807) is 11.8 Å². The monoisotopic (exact) mass is 484 g/mol. The van der Waals surface area contributed by atoms with E-state index in [1.165, 1.54) is 27.4 Å². The third-order valence-corrected chi connectivity index (χ3v) is 8.72. The molecule has 0 aliphatic carbocycles. The number of hydrogen-bond acceptors (Lipinski definition) is 6. The first-order valence-corrected chi connectivity index (χ1v) is 13.3. The number of thiophene rings is 1. The number of benzene rings is 1. The molecule has 0 spiro atoms. The lowest BCUT2D eigenvalue weighted by molar-refractivity contribution is 0.0950. The number of amides is 1. The van der Waals surface area contributed by atoms with E-state index in [0.717, 1.165) is 19.5 Å². The molecule has 1 aliphatic heterocycles. The lowest BCUT2D eigenvalue weighted by atomic mass is 10.1. The van der Waals surface area contributed by atoms with Crippen LogP contribution in [0.5, 0.6) is 0 Å². The van der Waals surface area contributed by atoms with Gasteiger partial charge in [-0.2, -0.15) is 0 Å². The number of aryl methyl sites for hydroxylation is 3. The standard InChI is InChI=1S/C25H32N4O2S2/c1-14(2)29-9-8-18(12-29)11-26-24(31)22-17(5)21-23(30)27-20(28-25(21)33-22)13-32-19-10-15(3)6-7-16(19)4/h6-7,10,14,18H,8-9,11-13H2,1-5H3,(H,26,31)(H,27,28,30). The highest BCUT2D eigenvalue weighted by molar-refractivity contribution is 7.98. The summed E-state index contributed by atoms with van der Waals surface area (Å²) in [4.78, 5) is 38.2. The number of nitrogens with one attached hydrogen (secondary N) is 2. The first-order chi connectivity index (χ1) is 15.7. The van der Waals surface area contributed by atoms with Crippen LogP contribution in [0.15, 0.2) is 27.9 Å². The maximum atomic E-state index is 12.9. The van der Waals surface area contributed by atoms with E-state index in [1.807, 2.05) is 6.92 Å². The quantitative estimate of drug-likeness (QED) is 0.477. The molecular formula is C25H32N4O2S2. The van der Waals surface area contributed by atoms with Crippen molar-refractivity contribution in [2.75, 3.05) is 19.6 Å². The van der Waals surface area contributed by atoms with Crippen LogP contribution in [0.1, 0.15) is 52.5 Å². The molecule has 0 radical (unpaired) electrons. The second kappa shape index (κ2) is 9.99. The van der Waals surface area contributed by atoms with Gasteiger partial charge in [-0.05, 0) is 70.7 Å². The Balaban J connectivity index is 1.47. The van der Waals surface area contributed by atoms with E-state index in [0.29, 0.717) is 50.7 Å². The van der Waals surface area contributed by atoms with Crippen molar-refractivity contribution in [3.05, 3.63) is 55.9 Å². The molecule has 4 rings (SSSR count). The van der Waals surface area contributed by atoms with Crippen molar-refractivity contribution in [2.24, 2.45) is 5.92 Å². The summed E-state index contributed by atoms with van der Waals surface area (Å²) in [6.45, 7) is 13.2. The minimum Gasteiger partial charge on any atom is -0.351 e. The second-order valence-electron chi connectivity index (χ2n) is 9.26. The molecule has 33 heavy (non-hydrogen) atoms. The van der Waals surface area contributed by atoms with E-state index in [2.05, 4.69) is 66.1 Å². The van der Waals surface area contributed by atoms with Gasteiger partial charge >= 0.3 is 0 Å². The van der Waals surface area contributed by atoms with Crippen LogP contribution in [-0.4, -0.2) is 46.5 Å². The fourth-order valence-corrected chi connectivity index (χ4v) is 6.41. The lowest BCUT2D eigenvalue weighted by Gasteiger charge is -2.20. The van der Waals surface area contributed by atoms with Crippen LogP contribution in [0.4, 0.5) is 0 Å². The topological polar surface area (TPSA) is 78.1 Å². The molecule has 0 saturated carbocycles. The van der Waals surface area contributed by atoms with E-state index in [9.17, 15) is 9.59 Å². The normalized spacial score (nSPS) is 16.7. The molecular weight excluding hydrogens is 452 g/mol. The Hall–Kier alpha value is -2.16. The van der Waals surface area contributed by atoms with Gasteiger partial charge in [-0.1, -0.05) is 17.7 Å². The van der Waals surface area contributed by atoms with Gasteiger partial charge in [0.15, 0.2) is 0 Å². The number of rotatable bonds is 7. The van der Waals surface area contributed by atoms with Gasteiger partial charge in [0.25, 0.3) is 11.5 Å². The molecule has 8 heteroatoms. The van der Waals surface area contributed by atoms with Crippen LogP contribution in [0.25, 0.3) is 10.2 Å². The zero-order valence-corrected chi connectivity index (χ0v) is 21.6. The molecule has 1 fully saturated rings. The van der Waals surface area contributed by atoms with Gasteiger partial charge < -0.3 is 15.2 Å². The highest BCUT2D eigenvalue weighted by Crippen LogP contribution is 2.29. The summed E-state index contributed by atoms with van der Waals surface area (Å²) >= 11 is 2.97. The number of aromatic amines is 1. The lowest BCUT2D eigenvalue weighted by Crippen LogP contribution is -2.32. The summed E-state index contributed by atoms with van der Waals surface area (Å²) in [5.74, 6) is 1.57. The fraction of sp³-hybridized carbons (Fsp3) is 0.480. The highest BCUT2D eigenvalue weighted by atomic mass is 32.2. The number of aromatic nitrogens is 2. The zero-order chi connectivity index (χ0) is 23.7. The van der Waals surface area contributed by atoms with Gasteiger partial charge in [0, 0.05) is 24.0 Å². The summed E-state index contributed by atoms with van der Waals surface area (Å²) in [6.07, 6.45) is 1.10. The minimum atomic E-state index is -0.173. The van der Waals surface area contributed by atoms with E-state index in [4.69, 9.17) is 0 Å². The molecule has 1 aliphatic rings. The fourth-order valence-electron chi connectivity index (χ4n) is 4.30. The Labute approximate surface area is 203 Å². The van der Waals surface area contributed by atoms with Crippen LogP contribution in [0.3, 0.4) is 0 Å². The Morgan fingerprint density at radius 2 is 2.12 bits per heavy atom. The van der Waals surface area contributed by atoms with Gasteiger partial charge in [-0.3, -0.25) is 9.59 Å². The summed E-state index contributed by atoms with van der Waals surface area (Å²) in [5, 5.41) is 3.62. The van der Waals surface area contributed by atoms with Crippen molar-refractivity contribution in [3.8, 4) is 0 Å². The number of thioether (sulfide) groups is 1. The molecule has 2 aromatic heterocycles. The minimum absolute atomic E-state index is 0.107. The average molecular weight is 485 g/mol. The number of carbonyl (C=O) groups excluding carboxylic acids is 1. The first kappa shape index (κ1) is 24.0. The van der Waals surface area contributed by atoms with E-state index in [-0.39, 0.29) is 11.5 Å². The van der Waals surface area contributed by atoms with Gasteiger partial charge in [-0.25, -0.2) is 4.98 Å². The van der Waals surface area contributed by atoms with Crippen LogP contribution in [-0.2, 0) is 5.75 Å². The maximum Gasteiger partial charge on any atom is 0.261 e. The van der Waals surface area contributed by atoms with Crippen molar-refractivity contribution in [1.29, 1.82) is 0 Å². The summed E-state index contributed by atoms with van der Waals surface area (Å²) in [6, 6.07) is 6.89. The molecule has 0 bridgehead atoms. The highest BCUT2D eigenvalue weighted by Gasteiger charge is 2.25.